The Hall–Kier alpha value is -2.52. The summed E-state index contributed by atoms with van der Waals surface area (Å²) in [4.78, 5) is 25.1. The Morgan fingerprint density at radius 1 is 1.48 bits per heavy atom. The molecule has 0 radical (unpaired) electrons. The number of nitro groups is 1. The summed E-state index contributed by atoms with van der Waals surface area (Å²) in [6, 6.07) is 5.39. The quantitative estimate of drug-likeness (QED) is 0.327. The van der Waals surface area contributed by atoms with Crippen LogP contribution in [0.25, 0.3) is 0 Å². The molecule has 9 heteroatoms. The van der Waals surface area contributed by atoms with Crippen molar-refractivity contribution in [2.45, 2.75) is 32.9 Å². The van der Waals surface area contributed by atoms with E-state index >= 15 is 0 Å². The zero-order valence-electron chi connectivity index (χ0n) is 15.7. The van der Waals surface area contributed by atoms with Gasteiger partial charge in [0.05, 0.1) is 35.8 Å². The SMILES string of the molecule is CCOC(=O)C1=C(C)N([C@@H](C)COC)C(=S)N[C@H]1c1cccc([N+](=O)[O-])c1. The van der Waals surface area contributed by atoms with Crippen LogP contribution in [0.3, 0.4) is 0 Å². The van der Waals surface area contributed by atoms with Gasteiger partial charge in [0.15, 0.2) is 5.11 Å². The van der Waals surface area contributed by atoms with Crippen molar-refractivity contribution in [1.29, 1.82) is 0 Å². The lowest BCUT2D eigenvalue weighted by atomic mass is 9.94. The molecule has 1 aromatic carbocycles. The van der Waals surface area contributed by atoms with E-state index in [2.05, 4.69) is 5.32 Å². The molecule has 27 heavy (non-hydrogen) atoms. The van der Waals surface area contributed by atoms with Crippen LogP contribution < -0.4 is 5.32 Å². The third-order valence-electron chi connectivity index (χ3n) is 4.28. The van der Waals surface area contributed by atoms with Crippen LogP contribution in [0.4, 0.5) is 5.69 Å². The van der Waals surface area contributed by atoms with Gasteiger partial charge in [0, 0.05) is 24.9 Å². The summed E-state index contributed by atoms with van der Waals surface area (Å²) in [5, 5.41) is 14.7. The van der Waals surface area contributed by atoms with E-state index in [9.17, 15) is 14.9 Å². The molecule has 0 amide bonds. The van der Waals surface area contributed by atoms with Gasteiger partial charge >= 0.3 is 5.97 Å². The molecule has 1 heterocycles. The number of thiocarbonyl (C=S) groups is 1. The molecule has 146 valence electrons. The van der Waals surface area contributed by atoms with Crippen molar-refractivity contribution in [3.8, 4) is 0 Å². The first kappa shape index (κ1) is 20.8. The highest BCUT2D eigenvalue weighted by atomic mass is 32.1. The van der Waals surface area contributed by atoms with E-state index in [4.69, 9.17) is 21.7 Å². The first-order valence-electron chi connectivity index (χ1n) is 8.52. The highest BCUT2D eigenvalue weighted by molar-refractivity contribution is 7.80. The number of carbonyl (C=O) groups is 1. The Balaban J connectivity index is 2.56. The molecular weight excluding hydrogens is 370 g/mol. The van der Waals surface area contributed by atoms with E-state index < -0.39 is 16.9 Å². The van der Waals surface area contributed by atoms with Crippen LogP contribution in [-0.2, 0) is 14.3 Å². The second-order valence-electron chi connectivity index (χ2n) is 6.13. The summed E-state index contributed by atoms with van der Waals surface area (Å²) in [5.74, 6) is -0.490. The molecule has 2 rings (SSSR count). The summed E-state index contributed by atoms with van der Waals surface area (Å²) in [6.07, 6.45) is 0. The predicted molar refractivity (Wildman–Crippen MR) is 104 cm³/mol. The number of rotatable bonds is 7. The van der Waals surface area contributed by atoms with Gasteiger partial charge in [0.25, 0.3) is 5.69 Å². The van der Waals surface area contributed by atoms with Crippen LogP contribution in [0.1, 0.15) is 32.4 Å². The molecule has 0 unspecified atom stereocenters. The van der Waals surface area contributed by atoms with Gasteiger partial charge in [-0.3, -0.25) is 10.1 Å². The fraction of sp³-hybridized carbons (Fsp3) is 0.444. The Morgan fingerprint density at radius 3 is 2.78 bits per heavy atom. The molecule has 0 fully saturated rings. The van der Waals surface area contributed by atoms with Gasteiger partial charge in [0.1, 0.15) is 0 Å². The van der Waals surface area contributed by atoms with E-state index in [1.54, 1.807) is 38.0 Å². The van der Waals surface area contributed by atoms with Crippen molar-refractivity contribution in [3.63, 3.8) is 0 Å². The zero-order chi connectivity index (χ0) is 20.1. The second kappa shape index (κ2) is 8.92. The van der Waals surface area contributed by atoms with E-state index in [1.807, 2.05) is 6.92 Å². The minimum atomic E-state index is -0.637. The molecular formula is C18H23N3O5S. The number of non-ortho nitro benzene ring substituents is 1. The molecule has 2 atom stereocenters. The minimum Gasteiger partial charge on any atom is -0.463 e. The number of benzene rings is 1. The van der Waals surface area contributed by atoms with Gasteiger partial charge in [-0.1, -0.05) is 12.1 Å². The topological polar surface area (TPSA) is 93.9 Å². The van der Waals surface area contributed by atoms with E-state index in [0.717, 1.165) is 0 Å². The van der Waals surface area contributed by atoms with Crippen molar-refractivity contribution in [3.05, 3.63) is 51.2 Å². The average molecular weight is 393 g/mol. The maximum absolute atomic E-state index is 12.7. The lowest BCUT2D eigenvalue weighted by Crippen LogP contribution is -2.52. The fourth-order valence-electron chi connectivity index (χ4n) is 3.14. The standard InChI is InChI=1S/C18H23N3O5S/c1-5-26-17(22)15-12(3)20(11(2)10-25-4)18(27)19-16(15)13-7-6-8-14(9-13)21(23)24/h6-9,11,16H,5,10H2,1-4H3,(H,19,27)/t11-,16-/m0/s1. The molecule has 0 aromatic heterocycles. The van der Waals surface area contributed by atoms with Gasteiger partial charge in [0.2, 0.25) is 0 Å². The maximum Gasteiger partial charge on any atom is 0.338 e. The third kappa shape index (κ3) is 4.42. The van der Waals surface area contributed by atoms with Crippen molar-refractivity contribution >= 4 is 29.0 Å². The van der Waals surface area contributed by atoms with Crippen molar-refractivity contribution in [2.75, 3.05) is 20.3 Å². The monoisotopic (exact) mass is 393 g/mol. The molecule has 1 aliphatic heterocycles. The Bertz CT molecular complexity index is 780. The fourth-order valence-corrected chi connectivity index (χ4v) is 3.58. The Morgan fingerprint density at radius 2 is 2.19 bits per heavy atom. The number of carbonyl (C=O) groups excluding carboxylic acids is 1. The summed E-state index contributed by atoms with van der Waals surface area (Å²) < 4.78 is 10.4. The Labute approximate surface area is 163 Å². The number of esters is 1. The van der Waals surface area contributed by atoms with Crippen LogP contribution in [-0.4, -0.2) is 47.3 Å². The molecule has 0 aliphatic carbocycles. The van der Waals surface area contributed by atoms with Crippen LogP contribution in [0.5, 0.6) is 0 Å². The Kier molecular flexibility index (Phi) is 6.86. The van der Waals surface area contributed by atoms with Gasteiger partial charge in [-0.2, -0.15) is 0 Å². The van der Waals surface area contributed by atoms with Gasteiger partial charge < -0.3 is 19.7 Å². The molecule has 8 nitrogen and oxygen atoms in total. The first-order chi connectivity index (χ1) is 12.8. The van der Waals surface area contributed by atoms with Gasteiger partial charge in [-0.25, -0.2) is 4.79 Å². The largest absolute Gasteiger partial charge is 0.463 e. The molecule has 0 saturated heterocycles. The van der Waals surface area contributed by atoms with Gasteiger partial charge in [-0.05, 0) is 38.6 Å². The normalized spacial score (nSPS) is 18.1. The van der Waals surface area contributed by atoms with Crippen molar-refractivity contribution < 1.29 is 19.2 Å². The average Bonchev–Trinajstić information content (AvgIpc) is 2.61. The molecule has 1 N–H and O–H groups in total. The molecule has 0 bridgehead atoms. The van der Waals surface area contributed by atoms with E-state index in [1.165, 1.54) is 12.1 Å². The lowest BCUT2D eigenvalue weighted by molar-refractivity contribution is -0.384. The summed E-state index contributed by atoms with van der Waals surface area (Å²) >= 11 is 5.50. The molecule has 1 aliphatic rings. The number of hydrogen-bond acceptors (Lipinski definition) is 6. The smallest absolute Gasteiger partial charge is 0.338 e. The molecule has 1 aromatic rings. The number of nitrogens with one attached hydrogen (secondary N) is 1. The van der Waals surface area contributed by atoms with Crippen molar-refractivity contribution in [1.82, 2.24) is 10.2 Å². The van der Waals surface area contributed by atoms with Crippen LogP contribution >= 0.6 is 12.2 Å². The van der Waals surface area contributed by atoms with E-state index in [0.29, 0.717) is 28.6 Å². The zero-order valence-corrected chi connectivity index (χ0v) is 16.5. The number of allylic oxidation sites excluding steroid dienone is 1. The third-order valence-corrected chi connectivity index (χ3v) is 4.60. The molecule has 0 spiro atoms. The maximum atomic E-state index is 12.7. The van der Waals surface area contributed by atoms with Crippen LogP contribution in [0.2, 0.25) is 0 Å². The van der Waals surface area contributed by atoms with Crippen LogP contribution in [0.15, 0.2) is 35.5 Å². The highest BCUT2D eigenvalue weighted by Crippen LogP contribution is 2.33. The lowest BCUT2D eigenvalue weighted by Gasteiger charge is -2.40. The number of hydrogen-bond donors (Lipinski definition) is 1. The summed E-state index contributed by atoms with van der Waals surface area (Å²) in [5.41, 5.74) is 1.51. The number of nitro benzene ring substituents is 1. The number of methoxy groups -OCH3 is 1. The van der Waals surface area contributed by atoms with Crippen molar-refractivity contribution in [2.24, 2.45) is 0 Å². The first-order valence-corrected chi connectivity index (χ1v) is 8.93. The number of ether oxygens (including phenoxy) is 2. The second-order valence-corrected chi connectivity index (χ2v) is 6.52. The summed E-state index contributed by atoms with van der Waals surface area (Å²) in [6.45, 7) is 6.07. The predicted octanol–water partition coefficient (Wildman–Crippen LogP) is 2.70. The van der Waals surface area contributed by atoms with E-state index in [-0.39, 0.29) is 18.3 Å². The summed E-state index contributed by atoms with van der Waals surface area (Å²) in [7, 11) is 1.59. The minimum absolute atomic E-state index is 0.0590. The molecule has 0 saturated carbocycles. The van der Waals surface area contributed by atoms with Gasteiger partial charge in [-0.15, -0.1) is 0 Å². The number of nitrogens with zero attached hydrogens (tertiary/aromatic N) is 2. The van der Waals surface area contributed by atoms with Crippen LogP contribution in [0, 0.1) is 10.1 Å². The highest BCUT2D eigenvalue weighted by Gasteiger charge is 2.36.